The molecule has 0 radical (unpaired) electrons. The minimum Gasteiger partial charge on any atom is -0.372 e. The van der Waals surface area contributed by atoms with Crippen LogP contribution in [0.4, 0.5) is 21.6 Å². The van der Waals surface area contributed by atoms with Crippen molar-refractivity contribution >= 4 is 33.7 Å². The van der Waals surface area contributed by atoms with Gasteiger partial charge in [0.25, 0.3) is 0 Å². The van der Waals surface area contributed by atoms with Crippen LogP contribution in [0.3, 0.4) is 0 Å². The Balaban J connectivity index is 1.38. The number of imidazole rings is 1. The number of nitrogens with zero attached hydrogens (tertiary/aromatic N) is 5. The second kappa shape index (κ2) is 7.09. The molecule has 7 nitrogen and oxygen atoms in total. The number of benzene rings is 2. The smallest absolute Gasteiger partial charge is 0.180 e. The molecule has 0 bridgehead atoms. The Morgan fingerprint density at radius 1 is 1.06 bits per heavy atom. The van der Waals surface area contributed by atoms with Crippen LogP contribution < -0.4 is 10.2 Å². The first kappa shape index (κ1) is 17.9. The zero-order valence-electron chi connectivity index (χ0n) is 16.7. The Labute approximate surface area is 177 Å². The van der Waals surface area contributed by atoms with E-state index < -0.39 is 0 Å². The fraction of sp³-hybridized carbons (Fsp3) is 0.174. The topological polar surface area (TPSA) is 74.1 Å². The first-order chi connectivity index (χ1) is 15.2. The van der Waals surface area contributed by atoms with Crippen molar-refractivity contribution in [2.24, 2.45) is 0 Å². The summed E-state index contributed by atoms with van der Waals surface area (Å²) < 4.78 is 16.4. The Morgan fingerprint density at radius 3 is 2.74 bits per heavy atom. The average Bonchev–Trinajstić information content (AvgIpc) is 3.55. The first-order valence-electron chi connectivity index (χ1n) is 10.3. The zero-order chi connectivity index (χ0) is 20.8. The van der Waals surface area contributed by atoms with Crippen LogP contribution in [0.25, 0.3) is 27.8 Å². The highest BCUT2D eigenvalue weighted by Gasteiger charge is 2.14. The van der Waals surface area contributed by atoms with Crippen molar-refractivity contribution in [2.75, 3.05) is 23.3 Å². The van der Waals surface area contributed by atoms with Gasteiger partial charge in [0.1, 0.15) is 5.82 Å². The van der Waals surface area contributed by atoms with Gasteiger partial charge in [-0.1, -0.05) is 0 Å². The van der Waals surface area contributed by atoms with Crippen LogP contribution in [-0.2, 0) is 0 Å². The fourth-order valence-electron chi connectivity index (χ4n) is 4.18. The molecule has 2 aromatic carbocycles. The van der Waals surface area contributed by atoms with E-state index in [2.05, 4.69) is 49.7 Å². The maximum absolute atomic E-state index is 14.5. The minimum atomic E-state index is -0.333. The van der Waals surface area contributed by atoms with E-state index in [1.54, 1.807) is 6.20 Å². The van der Waals surface area contributed by atoms with E-state index in [-0.39, 0.29) is 5.82 Å². The molecule has 154 valence electrons. The summed E-state index contributed by atoms with van der Waals surface area (Å²) in [5, 5.41) is 10.6. The van der Waals surface area contributed by atoms with E-state index in [9.17, 15) is 4.39 Å². The Morgan fingerprint density at radius 2 is 1.90 bits per heavy atom. The van der Waals surface area contributed by atoms with E-state index in [1.165, 1.54) is 30.8 Å². The van der Waals surface area contributed by atoms with Crippen LogP contribution in [0.15, 0.2) is 61.2 Å². The third-order valence-corrected chi connectivity index (χ3v) is 5.78. The molecule has 6 rings (SSSR count). The normalized spacial score (nSPS) is 14.0. The van der Waals surface area contributed by atoms with Crippen molar-refractivity contribution < 1.29 is 4.39 Å². The quantitative estimate of drug-likeness (QED) is 0.445. The molecule has 1 saturated heterocycles. The van der Waals surface area contributed by atoms with Gasteiger partial charge in [-0.05, 0) is 49.2 Å². The first-order valence-corrected chi connectivity index (χ1v) is 10.3. The van der Waals surface area contributed by atoms with Crippen molar-refractivity contribution in [2.45, 2.75) is 12.8 Å². The van der Waals surface area contributed by atoms with Gasteiger partial charge in [0.15, 0.2) is 11.5 Å². The van der Waals surface area contributed by atoms with Crippen LogP contribution in [-0.4, -0.2) is 37.7 Å². The minimum absolute atomic E-state index is 0.333. The highest BCUT2D eigenvalue weighted by Crippen LogP contribution is 2.29. The molecule has 1 aliphatic rings. The third-order valence-electron chi connectivity index (χ3n) is 5.78. The molecular weight excluding hydrogens is 393 g/mol. The van der Waals surface area contributed by atoms with Gasteiger partial charge in [-0.3, -0.25) is 5.10 Å². The third kappa shape index (κ3) is 3.16. The van der Waals surface area contributed by atoms with Crippen molar-refractivity contribution in [3.8, 4) is 11.3 Å². The summed E-state index contributed by atoms with van der Waals surface area (Å²) in [6.45, 7) is 2.23. The number of rotatable bonds is 4. The van der Waals surface area contributed by atoms with E-state index in [0.29, 0.717) is 33.6 Å². The lowest BCUT2D eigenvalue weighted by molar-refractivity contribution is 0.640. The molecular formula is C23H20FN7. The molecule has 0 aliphatic carbocycles. The monoisotopic (exact) mass is 413 g/mol. The Hall–Kier alpha value is -3.94. The predicted molar refractivity (Wildman–Crippen MR) is 119 cm³/mol. The molecule has 0 amide bonds. The van der Waals surface area contributed by atoms with Crippen molar-refractivity contribution in [3.63, 3.8) is 0 Å². The number of aromatic nitrogens is 5. The average molecular weight is 413 g/mol. The molecule has 3 aromatic heterocycles. The lowest BCUT2D eigenvalue weighted by Crippen LogP contribution is -2.17. The van der Waals surface area contributed by atoms with E-state index in [1.807, 2.05) is 22.9 Å². The maximum atomic E-state index is 14.5. The van der Waals surface area contributed by atoms with E-state index in [0.717, 1.165) is 18.8 Å². The molecule has 1 fully saturated rings. The second-order valence-corrected chi connectivity index (χ2v) is 7.79. The van der Waals surface area contributed by atoms with Gasteiger partial charge in [-0.15, -0.1) is 0 Å². The Kier molecular flexibility index (Phi) is 4.09. The highest BCUT2D eigenvalue weighted by molar-refractivity contribution is 5.84. The summed E-state index contributed by atoms with van der Waals surface area (Å²) in [6, 6.07) is 11.7. The summed E-state index contributed by atoms with van der Waals surface area (Å²) in [4.78, 5) is 11.6. The van der Waals surface area contributed by atoms with Gasteiger partial charge in [0.05, 0.1) is 22.8 Å². The van der Waals surface area contributed by atoms with Crippen LogP contribution in [0.2, 0.25) is 0 Å². The van der Waals surface area contributed by atoms with Crippen LogP contribution in [0, 0.1) is 5.82 Å². The fourth-order valence-corrected chi connectivity index (χ4v) is 4.18. The maximum Gasteiger partial charge on any atom is 0.180 e. The number of aromatic amines is 1. The van der Waals surface area contributed by atoms with Crippen LogP contribution in [0.1, 0.15) is 12.8 Å². The van der Waals surface area contributed by atoms with Gasteiger partial charge >= 0.3 is 0 Å². The molecule has 0 atom stereocenters. The van der Waals surface area contributed by atoms with E-state index >= 15 is 0 Å². The number of H-pyrrole nitrogens is 1. The largest absolute Gasteiger partial charge is 0.372 e. The number of nitrogens with one attached hydrogen (secondary N) is 2. The number of hydrogen-bond donors (Lipinski definition) is 2. The summed E-state index contributed by atoms with van der Waals surface area (Å²) >= 11 is 0. The summed E-state index contributed by atoms with van der Waals surface area (Å²) in [5.74, 6) is 0.280. The molecule has 0 unspecified atom stereocenters. The number of fused-ring (bicyclic) bond motifs is 2. The number of anilines is 3. The molecule has 0 saturated carbocycles. The van der Waals surface area contributed by atoms with Crippen LogP contribution in [0.5, 0.6) is 0 Å². The zero-order valence-corrected chi connectivity index (χ0v) is 16.7. The van der Waals surface area contributed by atoms with Crippen molar-refractivity contribution in [3.05, 3.63) is 67.0 Å². The van der Waals surface area contributed by atoms with Gasteiger partial charge in [-0.2, -0.15) is 5.10 Å². The molecule has 1 aliphatic heterocycles. The lowest BCUT2D eigenvalue weighted by atomic mass is 10.1. The van der Waals surface area contributed by atoms with Gasteiger partial charge < -0.3 is 14.6 Å². The predicted octanol–water partition coefficient (Wildman–Crippen LogP) is 4.76. The second-order valence-electron chi connectivity index (χ2n) is 7.79. The number of hydrogen-bond acceptors (Lipinski definition) is 5. The van der Waals surface area contributed by atoms with E-state index in [4.69, 9.17) is 4.98 Å². The summed E-state index contributed by atoms with van der Waals surface area (Å²) in [7, 11) is 0. The SMILES string of the molecule is Fc1cc(-c2cn3ccnc3c(Nc3ccc(N4CCCC4)cc3)n2)cc2[nH]ncc12. The molecule has 0 spiro atoms. The standard InChI is InChI=1S/C23H20FN7/c24-19-11-15(12-20-18(19)13-26-29-20)21-14-31-10-7-25-23(31)22(28-21)27-16-3-5-17(6-4-16)30-8-1-2-9-30/h3-7,10-14H,1-2,8-9H2,(H,26,29)(H,27,28). The van der Waals surface area contributed by atoms with Crippen molar-refractivity contribution in [1.29, 1.82) is 0 Å². The Bertz CT molecular complexity index is 1380. The molecule has 31 heavy (non-hydrogen) atoms. The molecule has 8 heteroatoms. The van der Waals surface area contributed by atoms with Crippen LogP contribution >= 0.6 is 0 Å². The summed E-state index contributed by atoms with van der Waals surface area (Å²) in [5.41, 5.74) is 4.80. The lowest BCUT2D eigenvalue weighted by Gasteiger charge is -2.18. The molecule has 2 N–H and O–H groups in total. The number of halogens is 1. The van der Waals surface area contributed by atoms with Gasteiger partial charge in [-0.25, -0.2) is 14.4 Å². The summed E-state index contributed by atoms with van der Waals surface area (Å²) in [6.07, 6.45) is 9.41. The van der Waals surface area contributed by atoms with Crippen molar-refractivity contribution in [1.82, 2.24) is 24.6 Å². The van der Waals surface area contributed by atoms with Gasteiger partial charge in [0, 0.05) is 48.6 Å². The highest BCUT2D eigenvalue weighted by atomic mass is 19.1. The molecule has 5 aromatic rings. The molecule has 4 heterocycles. The van der Waals surface area contributed by atoms with Gasteiger partial charge in [0.2, 0.25) is 0 Å².